The number of nitrogens with one attached hydrogen (secondary N) is 1. The second kappa shape index (κ2) is 5.26. The van der Waals surface area contributed by atoms with Gasteiger partial charge in [0.25, 0.3) is 0 Å². The highest BCUT2D eigenvalue weighted by molar-refractivity contribution is 5.33. The van der Waals surface area contributed by atoms with Crippen molar-refractivity contribution in [1.82, 2.24) is 9.97 Å². The fourth-order valence-corrected chi connectivity index (χ4v) is 1.53. The summed E-state index contributed by atoms with van der Waals surface area (Å²) in [6.07, 6.45) is 2.77. The molecule has 16 heavy (non-hydrogen) atoms. The summed E-state index contributed by atoms with van der Waals surface area (Å²) in [6.45, 7) is 2.78. The van der Waals surface area contributed by atoms with Crippen molar-refractivity contribution in [3.05, 3.63) is 54.0 Å². The van der Waals surface area contributed by atoms with E-state index >= 15 is 0 Å². The molecular weight excluding hydrogens is 198 g/mol. The van der Waals surface area contributed by atoms with Crippen LogP contribution in [0.15, 0.2) is 42.6 Å². The summed E-state index contributed by atoms with van der Waals surface area (Å²) >= 11 is 0. The summed E-state index contributed by atoms with van der Waals surface area (Å²) in [5.41, 5.74) is 1.33. The molecule has 2 aromatic rings. The van der Waals surface area contributed by atoms with Gasteiger partial charge in [-0.2, -0.15) is 0 Å². The van der Waals surface area contributed by atoms with Crippen LogP contribution >= 0.6 is 0 Å². The van der Waals surface area contributed by atoms with Crippen molar-refractivity contribution >= 4 is 5.82 Å². The van der Waals surface area contributed by atoms with Crippen molar-refractivity contribution in [3.63, 3.8) is 0 Å². The maximum Gasteiger partial charge on any atom is 0.129 e. The number of nitrogens with zero attached hydrogens (tertiary/aromatic N) is 2. The first-order valence-electron chi connectivity index (χ1n) is 5.42. The zero-order chi connectivity index (χ0) is 11.2. The molecule has 1 aromatic heterocycles. The van der Waals surface area contributed by atoms with Gasteiger partial charge < -0.3 is 5.32 Å². The molecule has 0 radical (unpaired) electrons. The Hall–Kier alpha value is -1.90. The summed E-state index contributed by atoms with van der Waals surface area (Å²) in [5.74, 6) is 1.69. The molecule has 0 aliphatic rings. The lowest BCUT2D eigenvalue weighted by atomic mass is 10.1. The van der Waals surface area contributed by atoms with E-state index in [-0.39, 0.29) is 0 Å². The molecule has 0 amide bonds. The average molecular weight is 213 g/mol. The molecule has 0 bridgehead atoms. The van der Waals surface area contributed by atoms with E-state index in [1.807, 2.05) is 19.1 Å². The average Bonchev–Trinajstić information content (AvgIpc) is 2.30. The number of anilines is 1. The van der Waals surface area contributed by atoms with Crippen LogP contribution in [0.5, 0.6) is 0 Å². The molecule has 0 spiro atoms. The minimum Gasteiger partial charge on any atom is -0.370 e. The van der Waals surface area contributed by atoms with Gasteiger partial charge in [-0.25, -0.2) is 9.97 Å². The van der Waals surface area contributed by atoms with Gasteiger partial charge in [0, 0.05) is 12.7 Å². The Morgan fingerprint density at radius 1 is 1.12 bits per heavy atom. The molecule has 0 saturated heterocycles. The number of rotatable bonds is 4. The number of aryl methyl sites for hydroxylation is 1. The van der Waals surface area contributed by atoms with E-state index in [9.17, 15) is 0 Å². The smallest absolute Gasteiger partial charge is 0.129 e. The molecule has 2 rings (SSSR count). The van der Waals surface area contributed by atoms with Gasteiger partial charge in [-0.1, -0.05) is 30.3 Å². The fourth-order valence-electron chi connectivity index (χ4n) is 1.53. The van der Waals surface area contributed by atoms with Gasteiger partial charge >= 0.3 is 0 Å². The largest absolute Gasteiger partial charge is 0.370 e. The first-order chi connectivity index (χ1) is 7.84. The maximum atomic E-state index is 4.28. The van der Waals surface area contributed by atoms with Gasteiger partial charge in [0.2, 0.25) is 0 Å². The lowest BCUT2D eigenvalue weighted by Gasteiger charge is -2.05. The predicted molar refractivity (Wildman–Crippen MR) is 65.4 cm³/mol. The maximum absolute atomic E-state index is 4.28. The Morgan fingerprint density at radius 3 is 2.69 bits per heavy atom. The van der Waals surface area contributed by atoms with Crippen LogP contribution < -0.4 is 5.32 Å². The van der Waals surface area contributed by atoms with E-state index in [0.29, 0.717) is 0 Å². The molecule has 0 aliphatic carbocycles. The molecule has 0 saturated carbocycles. The van der Waals surface area contributed by atoms with Crippen LogP contribution in [0.1, 0.15) is 11.4 Å². The van der Waals surface area contributed by atoms with Crippen molar-refractivity contribution in [3.8, 4) is 0 Å². The number of benzene rings is 1. The third kappa shape index (κ3) is 3.05. The van der Waals surface area contributed by atoms with Crippen LogP contribution in [0.2, 0.25) is 0 Å². The van der Waals surface area contributed by atoms with Crippen LogP contribution in [0.3, 0.4) is 0 Å². The summed E-state index contributed by atoms with van der Waals surface area (Å²) < 4.78 is 0. The minimum atomic E-state index is 0.796. The van der Waals surface area contributed by atoms with E-state index in [1.165, 1.54) is 5.56 Å². The molecular formula is C13H15N3. The first-order valence-corrected chi connectivity index (χ1v) is 5.42. The summed E-state index contributed by atoms with van der Waals surface area (Å²) in [4.78, 5) is 8.34. The van der Waals surface area contributed by atoms with Crippen LogP contribution in [-0.2, 0) is 6.42 Å². The van der Waals surface area contributed by atoms with Gasteiger partial charge in [-0.15, -0.1) is 0 Å². The monoisotopic (exact) mass is 213 g/mol. The molecule has 3 heteroatoms. The Kier molecular flexibility index (Phi) is 3.49. The lowest BCUT2D eigenvalue weighted by molar-refractivity contribution is 0.981. The number of aromatic nitrogens is 2. The summed E-state index contributed by atoms with van der Waals surface area (Å²) in [7, 11) is 0. The lowest BCUT2D eigenvalue weighted by Crippen LogP contribution is -2.06. The zero-order valence-corrected chi connectivity index (χ0v) is 9.35. The molecule has 1 heterocycles. The van der Waals surface area contributed by atoms with Gasteiger partial charge in [0.1, 0.15) is 11.6 Å². The van der Waals surface area contributed by atoms with Gasteiger partial charge in [0.05, 0.1) is 0 Å². The number of hydrogen-bond acceptors (Lipinski definition) is 3. The molecule has 1 N–H and O–H groups in total. The molecule has 0 fully saturated rings. The zero-order valence-electron chi connectivity index (χ0n) is 9.35. The quantitative estimate of drug-likeness (QED) is 0.847. The third-order valence-electron chi connectivity index (χ3n) is 2.34. The van der Waals surface area contributed by atoms with Gasteiger partial charge in [0.15, 0.2) is 0 Å². The highest BCUT2D eigenvalue weighted by atomic mass is 15.0. The predicted octanol–water partition coefficient (Wildman–Crippen LogP) is 2.44. The van der Waals surface area contributed by atoms with E-state index in [2.05, 4.69) is 39.6 Å². The normalized spacial score (nSPS) is 10.1. The van der Waals surface area contributed by atoms with Crippen LogP contribution in [0, 0.1) is 6.92 Å². The third-order valence-corrected chi connectivity index (χ3v) is 2.34. The first kappa shape index (κ1) is 10.6. The van der Waals surface area contributed by atoms with Crippen LogP contribution in [0.25, 0.3) is 0 Å². The van der Waals surface area contributed by atoms with Crippen LogP contribution in [-0.4, -0.2) is 16.5 Å². The molecule has 0 aliphatic heterocycles. The summed E-state index contributed by atoms with van der Waals surface area (Å²) in [6, 6.07) is 12.3. The minimum absolute atomic E-state index is 0.796. The topological polar surface area (TPSA) is 37.8 Å². The number of hydrogen-bond donors (Lipinski definition) is 1. The van der Waals surface area contributed by atoms with E-state index in [0.717, 1.165) is 24.6 Å². The van der Waals surface area contributed by atoms with Crippen molar-refractivity contribution in [2.24, 2.45) is 0 Å². The Bertz CT molecular complexity index is 440. The molecule has 0 unspecified atom stereocenters. The fraction of sp³-hybridized carbons (Fsp3) is 0.231. The SMILES string of the molecule is Cc1nccc(NCCc2ccccc2)n1. The second-order valence-corrected chi connectivity index (χ2v) is 3.65. The molecule has 1 aromatic carbocycles. The summed E-state index contributed by atoms with van der Waals surface area (Å²) in [5, 5.41) is 3.28. The van der Waals surface area contributed by atoms with Crippen molar-refractivity contribution in [1.29, 1.82) is 0 Å². The highest BCUT2D eigenvalue weighted by Gasteiger charge is 1.95. The van der Waals surface area contributed by atoms with Crippen molar-refractivity contribution < 1.29 is 0 Å². The van der Waals surface area contributed by atoms with Gasteiger partial charge in [-0.05, 0) is 25.0 Å². The van der Waals surface area contributed by atoms with Crippen molar-refractivity contribution in [2.75, 3.05) is 11.9 Å². The van der Waals surface area contributed by atoms with Crippen LogP contribution in [0.4, 0.5) is 5.82 Å². The second-order valence-electron chi connectivity index (χ2n) is 3.65. The van der Waals surface area contributed by atoms with E-state index < -0.39 is 0 Å². The Balaban J connectivity index is 1.85. The highest BCUT2D eigenvalue weighted by Crippen LogP contribution is 2.03. The Morgan fingerprint density at radius 2 is 1.94 bits per heavy atom. The molecule has 3 nitrogen and oxygen atoms in total. The van der Waals surface area contributed by atoms with Crippen molar-refractivity contribution in [2.45, 2.75) is 13.3 Å². The standard InChI is InChI=1S/C13H15N3/c1-11-14-10-8-13(16-11)15-9-7-12-5-3-2-4-6-12/h2-6,8,10H,7,9H2,1H3,(H,14,15,16). The van der Waals surface area contributed by atoms with E-state index in [4.69, 9.17) is 0 Å². The van der Waals surface area contributed by atoms with Gasteiger partial charge in [-0.3, -0.25) is 0 Å². The molecule has 0 atom stereocenters. The Labute approximate surface area is 95.6 Å². The molecule has 82 valence electrons. The van der Waals surface area contributed by atoms with E-state index in [1.54, 1.807) is 6.20 Å².